The number of rotatable bonds is 2. The first-order valence-electron chi connectivity index (χ1n) is 4.97. The second-order valence-electron chi connectivity index (χ2n) is 4.13. The zero-order valence-corrected chi connectivity index (χ0v) is 8.67. The minimum absolute atomic E-state index is 0.105. The molecule has 1 fully saturated rings. The van der Waals surface area contributed by atoms with E-state index in [1.165, 1.54) is 0 Å². The molecule has 1 saturated heterocycles. The quantitative estimate of drug-likeness (QED) is 0.732. The van der Waals surface area contributed by atoms with Gasteiger partial charge in [-0.2, -0.15) is 0 Å². The summed E-state index contributed by atoms with van der Waals surface area (Å²) in [6, 6.07) is 1.90. The predicted molar refractivity (Wildman–Crippen MR) is 56.3 cm³/mol. The molecule has 0 aromatic carbocycles. The number of aryl methyl sites for hydroxylation is 1. The summed E-state index contributed by atoms with van der Waals surface area (Å²) in [7, 11) is 0. The SMILES string of the molecule is Cc1ccnc(NC2(C)CCNC2)n1. The van der Waals surface area contributed by atoms with Crippen LogP contribution in [0.5, 0.6) is 0 Å². The maximum atomic E-state index is 4.33. The lowest BCUT2D eigenvalue weighted by Gasteiger charge is -2.24. The van der Waals surface area contributed by atoms with Crippen molar-refractivity contribution in [3.05, 3.63) is 18.0 Å². The van der Waals surface area contributed by atoms with Crippen LogP contribution in [-0.4, -0.2) is 28.6 Å². The smallest absolute Gasteiger partial charge is 0.223 e. The summed E-state index contributed by atoms with van der Waals surface area (Å²) >= 11 is 0. The number of anilines is 1. The highest BCUT2D eigenvalue weighted by Gasteiger charge is 2.28. The molecule has 2 rings (SSSR count). The van der Waals surface area contributed by atoms with Crippen LogP contribution in [0, 0.1) is 6.92 Å². The zero-order valence-electron chi connectivity index (χ0n) is 8.67. The van der Waals surface area contributed by atoms with Gasteiger partial charge in [-0.15, -0.1) is 0 Å². The highest BCUT2D eigenvalue weighted by molar-refractivity contribution is 5.30. The Kier molecular flexibility index (Phi) is 2.37. The van der Waals surface area contributed by atoms with Crippen LogP contribution in [-0.2, 0) is 0 Å². The molecule has 0 aliphatic carbocycles. The Morgan fingerprint density at radius 3 is 3.07 bits per heavy atom. The lowest BCUT2D eigenvalue weighted by Crippen LogP contribution is -2.37. The number of hydrogen-bond donors (Lipinski definition) is 2. The van der Waals surface area contributed by atoms with Crippen molar-refractivity contribution in [1.29, 1.82) is 0 Å². The minimum Gasteiger partial charge on any atom is -0.348 e. The summed E-state index contributed by atoms with van der Waals surface area (Å²) in [5, 5.41) is 6.70. The van der Waals surface area contributed by atoms with Crippen LogP contribution in [0.15, 0.2) is 12.3 Å². The van der Waals surface area contributed by atoms with E-state index >= 15 is 0 Å². The lowest BCUT2D eigenvalue weighted by atomic mass is 10.0. The molecular formula is C10H16N4. The number of nitrogens with one attached hydrogen (secondary N) is 2. The van der Waals surface area contributed by atoms with E-state index in [2.05, 4.69) is 27.5 Å². The molecule has 1 aromatic rings. The molecule has 0 saturated carbocycles. The molecule has 2 heterocycles. The summed E-state index contributed by atoms with van der Waals surface area (Å²) < 4.78 is 0. The zero-order chi connectivity index (χ0) is 10.0. The van der Waals surface area contributed by atoms with Crippen LogP contribution < -0.4 is 10.6 Å². The highest BCUT2D eigenvalue weighted by atomic mass is 15.2. The topological polar surface area (TPSA) is 49.8 Å². The lowest BCUT2D eigenvalue weighted by molar-refractivity contribution is 0.561. The van der Waals surface area contributed by atoms with Crippen molar-refractivity contribution in [1.82, 2.24) is 15.3 Å². The molecule has 14 heavy (non-hydrogen) atoms. The van der Waals surface area contributed by atoms with Crippen LogP contribution in [0.1, 0.15) is 19.0 Å². The van der Waals surface area contributed by atoms with Gasteiger partial charge in [0, 0.05) is 18.4 Å². The molecule has 1 aliphatic rings. The van der Waals surface area contributed by atoms with Crippen molar-refractivity contribution in [2.75, 3.05) is 18.4 Å². The molecule has 4 heteroatoms. The van der Waals surface area contributed by atoms with Crippen molar-refractivity contribution < 1.29 is 0 Å². The number of hydrogen-bond acceptors (Lipinski definition) is 4. The van der Waals surface area contributed by atoms with Crippen LogP contribution in [0.2, 0.25) is 0 Å². The van der Waals surface area contributed by atoms with E-state index in [4.69, 9.17) is 0 Å². The van der Waals surface area contributed by atoms with Crippen LogP contribution in [0.4, 0.5) is 5.95 Å². The second-order valence-corrected chi connectivity index (χ2v) is 4.13. The van der Waals surface area contributed by atoms with Gasteiger partial charge in [-0.25, -0.2) is 9.97 Å². The van der Waals surface area contributed by atoms with E-state index in [1.54, 1.807) is 6.20 Å². The van der Waals surface area contributed by atoms with Gasteiger partial charge >= 0.3 is 0 Å². The summed E-state index contributed by atoms with van der Waals surface area (Å²) in [6.45, 7) is 6.21. The summed E-state index contributed by atoms with van der Waals surface area (Å²) in [4.78, 5) is 8.53. The molecule has 0 radical (unpaired) electrons. The summed E-state index contributed by atoms with van der Waals surface area (Å²) in [5.74, 6) is 0.733. The molecule has 0 bridgehead atoms. The summed E-state index contributed by atoms with van der Waals surface area (Å²) in [5.41, 5.74) is 1.10. The van der Waals surface area contributed by atoms with Crippen LogP contribution >= 0.6 is 0 Å². The van der Waals surface area contributed by atoms with E-state index in [0.29, 0.717) is 0 Å². The van der Waals surface area contributed by atoms with Crippen LogP contribution in [0.3, 0.4) is 0 Å². The molecular weight excluding hydrogens is 176 g/mol. The first kappa shape index (κ1) is 9.40. The normalized spacial score (nSPS) is 26.4. The Hall–Kier alpha value is -1.16. The van der Waals surface area contributed by atoms with Crippen LogP contribution in [0.25, 0.3) is 0 Å². The largest absolute Gasteiger partial charge is 0.348 e. The third-order valence-electron chi connectivity index (χ3n) is 2.58. The fourth-order valence-electron chi connectivity index (χ4n) is 1.70. The third kappa shape index (κ3) is 2.01. The first-order chi connectivity index (χ1) is 6.68. The molecule has 0 amide bonds. The molecule has 1 unspecified atom stereocenters. The van der Waals surface area contributed by atoms with Crippen molar-refractivity contribution in [3.8, 4) is 0 Å². The maximum Gasteiger partial charge on any atom is 0.223 e. The van der Waals surface area contributed by atoms with Gasteiger partial charge in [0.25, 0.3) is 0 Å². The Morgan fingerprint density at radius 1 is 1.57 bits per heavy atom. The van der Waals surface area contributed by atoms with Gasteiger partial charge in [0.15, 0.2) is 0 Å². The van der Waals surface area contributed by atoms with E-state index in [-0.39, 0.29) is 5.54 Å². The van der Waals surface area contributed by atoms with Gasteiger partial charge in [0.1, 0.15) is 0 Å². The molecule has 1 aliphatic heterocycles. The Balaban J connectivity index is 2.10. The second kappa shape index (κ2) is 3.53. The van der Waals surface area contributed by atoms with Crippen molar-refractivity contribution >= 4 is 5.95 Å². The average molecular weight is 192 g/mol. The van der Waals surface area contributed by atoms with Crippen molar-refractivity contribution in [2.24, 2.45) is 0 Å². The number of nitrogens with zero attached hydrogens (tertiary/aromatic N) is 2. The monoisotopic (exact) mass is 192 g/mol. The third-order valence-corrected chi connectivity index (χ3v) is 2.58. The summed E-state index contributed by atoms with van der Waals surface area (Å²) in [6.07, 6.45) is 2.90. The Labute approximate surface area is 84.2 Å². The molecule has 1 aromatic heterocycles. The molecule has 0 spiro atoms. The maximum absolute atomic E-state index is 4.33. The van der Waals surface area contributed by atoms with Crippen molar-refractivity contribution in [2.45, 2.75) is 25.8 Å². The Morgan fingerprint density at radius 2 is 2.43 bits per heavy atom. The van der Waals surface area contributed by atoms with E-state index in [1.807, 2.05) is 13.0 Å². The minimum atomic E-state index is 0.105. The van der Waals surface area contributed by atoms with E-state index in [9.17, 15) is 0 Å². The van der Waals surface area contributed by atoms with Gasteiger partial charge in [-0.05, 0) is 32.9 Å². The fraction of sp³-hybridized carbons (Fsp3) is 0.600. The first-order valence-corrected chi connectivity index (χ1v) is 4.97. The molecule has 76 valence electrons. The highest BCUT2D eigenvalue weighted by Crippen LogP contribution is 2.18. The van der Waals surface area contributed by atoms with Gasteiger partial charge in [0.05, 0.1) is 5.54 Å². The van der Waals surface area contributed by atoms with Gasteiger partial charge in [-0.1, -0.05) is 0 Å². The van der Waals surface area contributed by atoms with Gasteiger partial charge < -0.3 is 10.6 Å². The molecule has 4 nitrogen and oxygen atoms in total. The standard InChI is InChI=1S/C10H16N4/c1-8-3-5-12-9(13-8)14-10(2)4-6-11-7-10/h3,5,11H,4,6-7H2,1-2H3,(H,12,13,14). The average Bonchev–Trinajstić information content (AvgIpc) is 2.51. The fourth-order valence-corrected chi connectivity index (χ4v) is 1.70. The van der Waals surface area contributed by atoms with Gasteiger partial charge in [-0.3, -0.25) is 0 Å². The molecule has 2 N–H and O–H groups in total. The van der Waals surface area contributed by atoms with Gasteiger partial charge in [0.2, 0.25) is 5.95 Å². The predicted octanol–water partition coefficient (Wildman–Crippen LogP) is 0.949. The van der Waals surface area contributed by atoms with Crippen molar-refractivity contribution in [3.63, 3.8) is 0 Å². The number of aromatic nitrogens is 2. The van der Waals surface area contributed by atoms with E-state index < -0.39 is 0 Å². The molecule has 1 atom stereocenters. The Bertz CT molecular complexity index is 318. The van der Waals surface area contributed by atoms with E-state index in [0.717, 1.165) is 31.2 Å².